The average molecular weight is 1050 g/mol. The summed E-state index contributed by atoms with van der Waals surface area (Å²) < 4.78 is 79.8. The Bertz CT molecular complexity index is 2900. The largest absolute Gasteiger partial charge is 0.419 e. The van der Waals surface area contributed by atoms with Crippen LogP contribution in [0.2, 0.25) is 0 Å². The molecule has 0 aliphatic carbocycles. The summed E-state index contributed by atoms with van der Waals surface area (Å²) in [6, 6.07) is 7.60. The van der Waals surface area contributed by atoms with Gasteiger partial charge in [-0.3, -0.25) is 19.4 Å². The number of aromatic nitrogens is 4. The van der Waals surface area contributed by atoms with Crippen molar-refractivity contribution in [3.63, 3.8) is 0 Å². The van der Waals surface area contributed by atoms with Gasteiger partial charge in [0.2, 0.25) is 23.7 Å². The number of pyridine rings is 1. The van der Waals surface area contributed by atoms with Crippen molar-refractivity contribution in [2.45, 2.75) is 109 Å². The van der Waals surface area contributed by atoms with Crippen LogP contribution in [0.3, 0.4) is 0 Å². The number of carbonyl (C=O) groups is 3. The Labute approximate surface area is 428 Å². The molecule has 4 aliphatic heterocycles. The fourth-order valence-electron chi connectivity index (χ4n) is 10.4. The minimum absolute atomic E-state index is 0.0487. The third-order valence-corrected chi connectivity index (χ3v) is 15.1. The Hall–Kier alpha value is -6.14. The highest BCUT2D eigenvalue weighted by Crippen LogP contribution is 2.42. The minimum atomic E-state index is -5.17. The van der Waals surface area contributed by atoms with Crippen LogP contribution in [0.5, 0.6) is 0 Å². The van der Waals surface area contributed by atoms with E-state index in [9.17, 15) is 37.1 Å². The van der Waals surface area contributed by atoms with E-state index in [0.717, 1.165) is 40.6 Å². The summed E-state index contributed by atoms with van der Waals surface area (Å²) >= 11 is 1.55. The van der Waals surface area contributed by atoms with E-state index in [1.54, 1.807) is 16.8 Å². The van der Waals surface area contributed by atoms with Crippen LogP contribution in [0.25, 0.3) is 32.6 Å². The maximum Gasteiger partial charge on any atom is 0.419 e. The molecule has 396 valence electrons. The van der Waals surface area contributed by atoms with Crippen LogP contribution in [0.1, 0.15) is 70.2 Å². The van der Waals surface area contributed by atoms with Crippen molar-refractivity contribution >= 4 is 57.4 Å². The topological polar surface area (TPSA) is 216 Å². The predicted molar refractivity (Wildman–Crippen MR) is 270 cm³/mol. The number of anilines is 3. The molecule has 74 heavy (non-hydrogen) atoms. The number of amides is 3. The molecule has 23 heteroatoms. The molecule has 4 fully saturated rings. The summed E-state index contributed by atoms with van der Waals surface area (Å²) in [5.41, 5.74) is 5.32. The Morgan fingerprint density at radius 2 is 1.72 bits per heavy atom. The van der Waals surface area contributed by atoms with Crippen LogP contribution in [0.15, 0.2) is 48.1 Å². The number of benzene rings is 2. The lowest BCUT2D eigenvalue weighted by molar-refractivity contribution is -0.144. The first-order valence-electron chi connectivity index (χ1n) is 24.7. The van der Waals surface area contributed by atoms with Crippen molar-refractivity contribution < 1.29 is 46.2 Å². The zero-order valence-corrected chi connectivity index (χ0v) is 42.6. The van der Waals surface area contributed by atoms with Crippen molar-refractivity contribution in [2.75, 3.05) is 68.0 Å². The van der Waals surface area contributed by atoms with Gasteiger partial charge in [-0.2, -0.15) is 18.2 Å². The molecule has 5 atom stereocenters. The SMILES string of the molecule is Cc1ncsc1-c1ccc(CNC(=O)[C@H]2C[C@H](O)CN2C(=O)[C@H](NC(=O)CCOCCNC2(C)CN(c3nc(N4CC5CCC(C4)N5)c4cnc(-c5cc(N)cc(F)c5C(F)(F)F)c(F)c4n3)C2)C(C)(C)C)cc1. The van der Waals surface area contributed by atoms with E-state index in [1.807, 2.05) is 68.7 Å². The molecule has 3 amide bonds. The zero-order chi connectivity index (χ0) is 52.9. The number of fused-ring (bicyclic) bond motifs is 3. The fraction of sp³-hybridized carbons (Fsp3) is 0.510. The third kappa shape index (κ3) is 11.3. The second kappa shape index (κ2) is 20.9. The number of nitrogens with two attached hydrogens (primary N) is 1. The van der Waals surface area contributed by atoms with E-state index >= 15 is 4.39 Å². The molecule has 7 N–H and O–H groups in total. The van der Waals surface area contributed by atoms with Gasteiger partial charge >= 0.3 is 6.18 Å². The van der Waals surface area contributed by atoms with E-state index in [1.165, 1.54) is 11.1 Å². The monoisotopic (exact) mass is 1050 g/mol. The number of thiazole rings is 1. The summed E-state index contributed by atoms with van der Waals surface area (Å²) in [6.45, 7) is 12.1. The summed E-state index contributed by atoms with van der Waals surface area (Å²) in [6.07, 6.45) is -2.94. The van der Waals surface area contributed by atoms with Gasteiger partial charge in [0.25, 0.3) is 0 Å². The first-order chi connectivity index (χ1) is 35.0. The molecular weight excluding hydrogens is 988 g/mol. The van der Waals surface area contributed by atoms with Crippen LogP contribution >= 0.6 is 11.3 Å². The van der Waals surface area contributed by atoms with E-state index in [-0.39, 0.29) is 73.8 Å². The van der Waals surface area contributed by atoms with Crippen LogP contribution in [-0.4, -0.2) is 136 Å². The summed E-state index contributed by atoms with van der Waals surface area (Å²) in [4.78, 5) is 65.0. The molecule has 9 rings (SSSR count). The van der Waals surface area contributed by atoms with E-state index < -0.39 is 81.5 Å². The van der Waals surface area contributed by atoms with Crippen LogP contribution < -0.4 is 36.8 Å². The first-order valence-corrected chi connectivity index (χ1v) is 25.6. The molecule has 4 saturated heterocycles. The highest BCUT2D eigenvalue weighted by molar-refractivity contribution is 7.13. The van der Waals surface area contributed by atoms with Crippen molar-refractivity contribution in [1.29, 1.82) is 0 Å². The number of piperazine rings is 1. The van der Waals surface area contributed by atoms with E-state index in [0.29, 0.717) is 44.6 Å². The number of β-amino-alcohol motifs (C(OH)–C–C–N with tert-alkyl or cyclic N) is 1. The number of rotatable bonds is 16. The molecule has 7 heterocycles. The number of likely N-dealkylation sites (tertiary alicyclic amines) is 1. The predicted octanol–water partition coefficient (Wildman–Crippen LogP) is 5.33. The number of ether oxygens (including phenoxy) is 1. The first kappa shape index (κ1) is 52.7. The van der Waals surface area contributed by atoms with Crippen LogP contribution in [-0.2, 0) is 31.8 Å². The molecule has 0 spiro atoms. The van der Waals surface area contributed by atoms with Gasteiger partial charge in [0.15, 0.2) is 5.82 Å². The lowest BCUT2D eigenvalue weighted by Crippen LogP contribution is -2.68. The highest BCUT2D eigenvalue weighted by atomic mass is 32.1. The van der Waals surface area contributed by atoms with E-state index in [2.05, 4.69) is 36.2 Å². The number of aliphatic hydroxyl groups is 1. The quantitative estimate of drug-likeness (QED) is 0.0419. The number of hydrogen-bond donors (Lipinski definition) is 6. The molecule has 2 unspecified atom stereocenters. The molecule has 2 aromatic carbocycles. The van der Waals surface area contributed by atoms with Crippen molar-refractivity contribution in [2.24, 2.45) is 5.41 Å². The normalized spacial score (nSPS) is 21.0. The second-order valence-corrected chi connectivity index (χ2v) is 22.0. The van der Waals surface area contributed by atoms with Crippen molar-refractivity contribution in [3.8, 4) is 21.7 Å². The number of hydrogen-bond acceptors (Lipinski definition) is 15. The zero-order valence-electron chi connectivity index (χ0n) is 41.8. The standard InChI is InChI=1S/C51H61F5N12O5S/c1-27-43(74-26-60-27)29-8-6-28(7-9-29)19-59-46(71)37-18-33(69)23-68(37)47(72)44(49(2,3)4)63-38(70)12-14-73-15-13-61-50(5)24-67(25-50)48-64-42-35(45(65-48)66-21-31-10-11-32(22-66)62-31)20-58-41(40(42)53)34-16-30(57)17-36(52)39(34)51(54,55)56/h6-9,16-17,20,26,31-33,37,44,61-62,69H,10-15,18-19,21-25,57H2,1-5H3,(H,59,71)(H,63,70)/t31?,32?,33-,37+,44-/m0/s1. The van der Waals surface area contributed by atoms with Gasteiger partial charge in [0.05, 0.1) is 46.3 Å². The Morgan fingerprint density at radius 3 is 2.38 bits per heavy atom. The van der Waals surface area contributed by atoms with Gasteiger partial charge in [0.1, 0.15) is 40.5 Å². The summed E-state index contributed by atoms with van der Waals surface area (Å²) in [5.74, 6) is -3.54. The minimum Gasteiger partial charge on any atom is -0.399 e. The van der Waals surface area contributed by atoms with Gasteiger partial charge in [0, 0.05) is 88.2 Å². The lowest BCUT2D eigenvalue weighted by Gasteiger charge is -2.48. The molecule has 0 saturated carbocycles. The van der Waals surface area contributed by atoms with Crippen molar-refractivity contribution in [1.82, 2.24) is 46.1 Å². The van der Waals surface area contributed by atoms with Gasteiger partial charge in [-0.1, -0.05) is 45.0 Å². The fourth-order valence-corrected chi connectivity index (χ4v) is 11.2. The Morgan fingerprint density at radius 1 is 1.00 bits per heavy atom. The number of carbonyl (C=O) groups excluding carboxylic acids is 3. The Kier molecular flexibility index (Phi) is 14.9. The number of halogens is 5. The number of aliphatic hydroxyl groups excluding tert-OH is 1. The van der Waals surface area contributed by atoms with Gasteiger partial charge < -0.3 is 51.5 Å². The number of nitrogens with one attached hydrogen (secondary N) is 4. The molecular formula is C51H61F5N12O5S. The molecule has 5 aromatic rings. The smallest absolute Gasteiger partial charge is 0.399 e. The summed E-state index contributed by atoms with van der Waals surface area (Å²) in [7, 11) is 0. The lowest BCUT2D eigenvalue weighted by atomic mass is 9.85. The van der Waals surface area contributed by atoms with Gasteiger partial charge in [-0.15, -0.1) is 11.3 Å². The van der Waals surface area contributed by atoms with Gasteiger partial charge in [-0.25, -0.2) is 18.7 Å². The molecule has 4 aliphatic rings. The average Bonchev–Trinajstić information content (AvgIpc) is 4.05. The molecule has 17 nitrogen and oxygen atoms in total. The maximum atomic E-state index is 16.7. The number of aryl methyl sites for hydroxylation is 1. The van der Waals surface area contributed by atoms with Crippen LogP contribution in [0, 0.1) is 24.0 Å². The molecule has 3 aromatic heterocycles. The summed E-state index contributed by atoms with van der Waals surface area (Å²) in [5, 5.41) is 23.6. The third-order valence-electron chi connectivity index (χ3n) is 14.2. The maximum absolute atomic E-state index is 16.7. The number of alkyl halides is 3. The molecule has 2 bridgehead atoms. The van der Waals surface area contributed by atoms with Gasteiger partial charge in [-0.05, 0) is 55.4 Å². The molecule has 0 radical (unpaired) electrons. The van der Waals surface area contributed by atoms with E-state index in [4.69, 9.17) is 15.5 Å². The number of nitrogen functional groups attached to an aromatic ring is 1. The second-order valence-electron chi connectivity index (χ2n) is 21.1. The highest BCUT2D eigenvalue weighted by Gasteiger charge is 2.45. The Balaban J connectivity index is 0.784. The number of nitrogens with zero attached hydrogens (tertiary/aromatic N) is 7. The van der Waals surface area contributed by atoms with Crippen LogP contribution in [0.4, 0.5) is 39.4 Å². The van der Waals surface area contributed by atoms with Crippen molar-refractivity contribution in [3.05, 3.63) is 76.6 Å².